The molecule has 4 N–H and O–H groups in total. The number of nitrogens with zero attached hydrogens (tertiary/aromatic N) is 4. The molecule has 1 aliphatic heterocycles. The van der Waals surface area contributed by atoms with Crippen molar-refractivity contribution in [1.29, 1.82) is 0 Å². The molecule has 11 heteroatoms. The van der Waals surface area contributed by atoms with Gasteiger partial charge in [0.1, 0.15) is 24.6 Å². The van der Waals surface area contributed by atoms with Crippen molar-refractivity contribution < 1.29 is 25.0 Å². The molecule has 1 aliphatic carbocycles. The number of hydrogen-bond donors (Lipinski definition) is 4. The van der Waals surface area contributed by atoms with E-state index in [0.717, 1.165) is 25.7 Å². The summed E-state index contributed by atoms with van der Waals surface area (Å²) in [7, 11) is 0. The molecule has 1 saturated heterocycles. The number of anilines is 1. The van der Waals surface area contributed by atoms with Crippen LogP contribution in [0.2, 0.25) is 0 Å². The van der Waals surface area contributed by atoms with Crippen LogP contribution in [0.1, 0.15) is 31.9 Å². The van der Waals surface area contributed by atoms with Crippen LogP contribution in [0.25, 0.3) is 11.2 Å². The average Bonchev–Trinajstić information content (AvgIpc) is 3.36. The van der Waals surface area contributed by atoms with E-state index in [1.807, 2.05) is 0 Å². The molecule has 3 heterocycles. The average molecular weight is 379 g/mol. The molecule has 0 bridgehead atoms. The molecule has 0 spiro atoms. The van der Waals surface area contributed by atoms with Crippen LogP contribution in [0.15, 0.2) is 12.4 Å². The minimum atomic E-state index is -1.33. The Labute approximate surface area is 153 Å². The molecule has 27 heavy (non-hydrogen) atoms. The Kier molecular flexibility index (Phi) is 4.68. The number of aromatic nitrogens is 3. The maximum atomic E-state index is 11.3. The third-order valence-corrected chi connectivity index (χ3v) is 5.21. The highest BCUT2D eigenvalue weighted by Gasteiger charge is 2.44. The summed E-state index contributed by atoms with van der Waals surface area (Å²) in [6.45, 7) is -0.469. The predicted octanol–water partition coefficient (Wildman–Crippen LogP) is 0.305. The van der Waals surface area contributed by atoms with E-state index in [9.17, 15) is 25.4 Å². The van der Waals surface area contributed by atoms with Gasteiger partial charge >= 0.3 is 5.82 Å². The summed E-state index contributed by atoms with van der Waals surface area (Å²) in [5.74, 6) is -0.350. The zero-order valence-corrected chi connectivity index (χ0v) is 14.4. The fourth-order valence-corrected chi connectivity index (χ4v) is 3.78. The minimum absolute atomic E-state index is 0.166. The van der Waals surface area contributed by atoms with Crippen molar-refractivity contribution in [2.45, 2.75) is 56.3 Å². The van der Waals surface area contributed by atoms with Crippen molar-refractivity contribution in [2.24, 2.45) is 0 Å². The van der Waals surface area contributed by atoms with Crippen molar-refractivity contribution in [3.05, 3.63) is 22.5 Å². The normalized spacial score (nSPS) is 28.9. The van der Waals surface area contributed by atoms with Gasteiger partial charge in [-0.3, -0.25) is 4.57 Å². The van der Waals surface area contributed by atoms with E-state index in [1.54, 1.807) is 0 Å². The topological polar surface area (TPSA) is 156 Å². The Morgan fingerprint density at radius 2 is 2.07 bits per heavy atom. The number of aliphatic hydroxyl groups excluding tert-OH is 3. The maximum absolute atomic E-state index is 11.3. The van der Waals surface area contributed by atoms with Gasteiger partial charge < -0.3 is 35.5 Å². The number of aliphatic hydroxyl groups is 3. The molecule has 0 amide bonds. The Hall–Kier alpha value is -2.34. The third kappa shape index (κ3) is 3.12. The lowest BCUT2D eigenvalue weighted by Gasteiger charge is -2.16. The lowest BCUT2D eigenvalue weighted by atomic mass is 10.1. The molecule has 146 valence electrons. The molecule has 4 unspecified atom stereocenters. The first-order valence-corrected chi connectivity index (χ1v) is 8.90. The van der Waals surface area contributed by atoms with Crippen molar-refractivity contribution >= 4 is 22.7 Å². The van der Waals surface area contributed by atoms with Gasteiger partial charge in [0.2, 0.25) is 0 Å². The van der Waals surface area contributed by atoms with Gasteiger partial charge in [-0.15, -0.1) is 0 Å². The highest BCUT2D eigenvalue weighted by Crippen LogP contribution is 2.34. The van der Waals surface area contributed by atoms with Gasteiger partial charge in [0, 0.05) is 6.04 Å². The second kappa shape index (κ2) is 7.00. The summed E-state index contributed by atoms with van der Waals surface area (Å²) in [6.07, 6.45) is 0.893. The van der Waals surface area contributed by atoms with Gasteiger partial charge in [0.15, 0.2) is 11.7 Å². The number of nitrogens with one attached hydrogen (secondary N) is 1. The largest absolute Gasteiger partial charge is 0.394 e. The van der Waals surface area contributed by atoms with Crippen LogP contribution in [0, 0.1) is 10.1 Å². The van der Waals surface area contributed by atoms with Gasteiger partial charge in [-0.25, -0.2) is 4.98 Å². The number of imidazole rings is 1. The molecule has 2 aliphatic rings. The van der Waals surface area contributed by atoms with Crippen molar-refractivity contribution in [3.63, 3.8) is 0 Å². The summed E-state index contributed by atoms with van der Waals surface area (Å²) in [5, 5.41) is 44.1. The van der Waals surface area contributed by atoms with Crippen LogP contribution < -0.4 is 5.32 Å². The Morgan fingerprint density at radius 1 is 1.33 bits per heavy atom. The van der Waals surface area contributed by atoms with Crippen LogP contribution in [0.3, 0.4) is 0 Å². The van der Waals surface area contributed by atoms with E-state index in [1.165, 1.54) is 17.0 Å². The van der Waals surface area contributed by atoms with Gasteiger partial charge in [0.25, 0.3) is 5.65 Å². The zero-order valence-electron chi connectivity index (χ0n) is 14.4. The van der Waals surface area contributed by atoms with Crippen LogP contribution >= 0.6 is 0 Å². The smallest absolute Gasteiger partial charge is 0.368 e. The number of pyridine rings is 1. The summed E-state index contributed by atoms with van der Waals surface area (Å²) in [5.41, 5.74) is 1.09. The Balaban J connectivity index is 1.76. The molecular weight excluding hydrogens is 358 g/mol. The lowest BCUT2D eigenvalue weighted by molar-refractivity contribution is -0.389. The van der Waals surface area contributed by atoms with E-state index in [-0.39, 0.29) is 17.5 Å². The first-order valence-electron chi connectivity index (χ1n) is 8.90. The summed E-state index contributed by atoms with van der Waals surface area (Å²) < 4.78 is 6.86. The summed E-state index contributed by atoms with van der Waals surface area (Å²) in [4.78, 5) is 19.1. The highest BCUT2D eigenvalue weighted by molar-refractivity contribution is 5.87. The van der Waals surface area contributed by atoms with Crippen LogP contribution in [0.4, 0.5) is 11.5 Å². The molecule has 0 radical (unpaired) electrons. The standard InChI is InChI=1S/C16H21N5O6/c22-6-10-13(23)14(24)16(27-10)20-7-17-12-9(18-8-3-1-2-4-8)5-11(21(25)26)19-15(12)20/h5,7-8,10,13-14,16,22-24H,1-4,6H2,(H,18,19). The van der Waals surface area contributed by atoms with Crippen LogP contribution in [0.5, 0.6) is 0 Å². The Morgan fingerprint density at radius 3 is 2.70 bits per heavy atom. The molecule has 11 nitrogen and oxygen atoms in total. The first-order chi connectivity index (χ1) is 13.0. The quantitative estimate of drug-likeness (QED) is 0.424. The number of nitro groups is 1. The summed E-state index contributed by atoms with van der Waals surface area (Å²) >= 11 is 0. The number of fused-ring (bicyclic) bond motifs is 1. The zero-order chi connectivity index (χ0) is 19.1. The van der Waals surface area contributed by atoms with Crippen molar-refractivity contribution in [3.8, 4) is 0 Å². The van der Waals surface area contributed by atoms with E-state index in [0.29, 0.717) is 11.2 Å². The second-order valence-corrected chi connectivity index (χ2v) is 6.96. The third-order valence-electron chi connectivity index (χ3n) is 5.21. The van der Waals surface area contributed by atoms with E-state index >= 15 is 0 Å². The van der Waals surface area contributed by atoms with E-state index < -0.39 is 36.1 Å². The molecule has 0 aromatic carbocycles. The monoisotopic (exact) mass is 379 g/mol. The number of hydrogen-bond acceptors (Lipinski definition) is 9. The van der Waals surface area contributed by atoms with Crippen LogP contribution in [-0.2, 0) is 4.74 Å². The van der Waals surface area contributed by atoms with E-state index in [2.05, 4.69) is 15.3 Å². The molecule has 4 atom stereocenters. The first kappa shape index (κ1) is 18.0. The molecule has 2 fully saturated rings. The van der Waals surface area contributed by atoms with Crippen molar-refractivity contribution in [1.82, 2.24) is 14.5 Å². The summed E-state index contributed by atoms with van der Waals surface area (Å²) in [6, 6.07) is 1.57. The van der Waals surface area contributed by atoms with Crippen molar-refractivity contribution in [2.75, 3.05) is 11.9 Å². The fourth-order valence-electron chi connectivity index (χ4n) is 3.78. The highest BCUT2D eigenvalue weighted by atomic mass is 16.6. The van der Waals surface area contributed by atoms with Crippen LogP contribution in [-0.4, -0.2) is 65.7 Å². The van der Waals surface area contributed by atoms with Gasteiger partial charge in [0.05, 0.1) is 18.4 Å². The molecule has 2 aromatic heterocycles. The molecule has 1 saturated carbocycles. The van der Waals surface area contributed by atoms with E-state index in [4.69, 9.17) is 4.74 Å². The predicted molar refractivity (Wildman–Crippen MR) is 93.1 cm³/mol. The SMILES string of the molecule is O=[N+]([O-])c1cc(NC2CCCC2)c2ncn(C3OC(CO)C(O)C3O)c2n1. The Bertz CT molecular complexity index is 851. The number of rotatable bonds is 5. The van der Waals surface area contributed by atoms with Gasteiger partial charge in [-0.2, -0.15) is 0 Å². The number of ether oxygens (including phenoxy) is 1. The van der Waals surface area contributed by atoms with Gasteiger partial charge in [-0.05, 0) is 22.7 Å². The minimum Gasteiger partial charge on any atom is -0.394 e. The fraction of sp³-hybridized carbons (Fsp3) is 0.625. The molecule has 2 aromatic rings. The second-order valence-electron chi connectivity index (χ2n) is 6.96. The lowest BCUT2D eigenvalue weighted by Crippen LogP contribution is -2.33. The molecule has 4 rings (SSSR count). The molecular formula is C16H21N5O6. The van der Waals surface area contributed by atoms with Gasteiger partial charge in [-0.1, -0.05) is 12.8 Å². The maximum Gasteiger partial charge on any atom is 0.368 e.